The standard InChI is InChI=1S/C22H18O2/c1-24-21-14-7-17(8-15-21)9-16-22(23)20-12-10-19(11-13-20)18-5-3-2-4-6-18/h2-16H,1H3/b16-9-. The number of ketones is 1. The summed E-state index contributed by atoms with van der Waals surface area (Å²) in [5.74, 6) is 0.792. The molecule has 3 aromatic carbocycles. The zero-order chi connectivity index (χ0) is 16.8. The first-order valence-electron chi connectivity index (χ1n) is 7.78. The second kappa shape index (κ2) is 7.42. The Labute approximate surface area is 142 Å². The van der Waals surface area contributed by atoms with Gasteiger partial charge in [0.25, 0.3) is 0 Å². The first-order valence-corrected chi connectivity index (χ1v) is 7.78. The van der Waals surface area contributed by atoms with E-state index in [9.17, 15) is 4.79 Å². The summed E-state index contributed by atoms with van der Waals surface area (Å²) in [6.45, 7) is 0. The maximum absolute atomic E-state index is 12.3. The van der Waals surface area contributed by atoms with Crippen LogP contribution in [0, 0.1) is 0 Å². The average molecular weight is 314 g/mol. The van der Waals surface area contributed by atoms with Crippen LogP contribution >= 0.6 is 0 Å². The Bertz CT molecular complexity index is 829. The molecule has 0 spiro atoms. The zero-order valence-electron chi connectivity index (χ0n) is 13.5. The molecule has 0 atom stereocenters. The number of rotatable bonds is 5. The third-order valence-electron chi connectivity index (χ3n) is 3.82. The van der Waals surface area contributed by atoms with Crippen molar-refractivity contribution < 1.29 is 9.53 Å². The fourth-order valence-corrected chi connectivity index (χ4v) is 2.44. The summed E-state index contributed by atoms with van der Waals surface area (Å²) in [5.41, 5.74) is 3.89. The monoisotopic (exact) mass is 314 g/mol. The van der Waals surface area contributed by atoms with Gasteiger partial charge in [-0.25, -0.2) is 0 Å². The first kappa shape index (κ1) is 15.8. The van der Waals surface area contributed by atoms with E-state index >= 15 is 0 Å². The van der Waals surface area contributed by atoms with E-state index in [0.717, 1.165) is 22.4 Å². The number of carbonyl (C=O) groups is 1. The van der Waals surface area contributed by atoms with Crippen LogP contribution in [0.2, 0.25) is 0 Å². The van der Waals surface area contributed by atoms with Crippen LogP contribution in [0.3, 0.4) is 0 Å². The highest BCUT2D eigenvalue weighted by atomic mass is 16.5. The molecule has 0 bridgehead atoms. The highest BCUT2D eigenvalue weighted by molar-refractivity contribution is 6.07. The van der Waals surface area contributed by atoms with Gasteiger partial charge in [-0.05, 0) is 34.9 Å². The molecule has 0 saturated heterocycles. The van der Waals surface area contributed by atoms with Crippen molar-refractivity contribution >= 4 is 11.9 Å². The molecule has 2 heteroatoms. The summed E-state index contributed by atoms with van der Waals surface area (Å²) in [7, 11) is 1.63. The quantitative estimate of drug-likeness (QED) is 0.474. The van der Waals surface area contributed by atoms with Gasteiger partial charge in [-0.3, -0.25) is 4.79 Å². The third kappa shape index (κ3) is 3.79. The molecule has 0 unspecified atom stereocenters. The van der Waals surface area contributed by atoms with Crippen LogP contribution < -0.4 is 4.74 Å². The maximum atomic E-state index is 12.3. The number of benzene rings is 3. The number of ether oxygens (including phenoxy) is 1. The summed E-state index contributed by atoms with van der Waals surface area (Å²) >= 11 is 0. The van der Waals surface area contributed by atoms with E-state index < -0.39 is 0 Å². The molecule has 0 aliphatic heterocycles. The molecule has 118 valence electrons. The van der Waals surface area contributed by atoms with E-state index in [2.05, 4.69) is 12.1 Å². The molecule has 24 heavy (non-hydrogen) atoms. The summed E-state index contributed by atoms with van der Waals surface area (Å²) in [6, 6.07) is 25.4. The van der Waals surface area contributed by atoms with Crippen LogP contribution in [0.1, 0.15) is 15.9 Å². The summed E-state index contributed by atoms with van der Waals surface area (Å²) < 4.78 is 5.12. The molecule has 2 nitrogen and oxygen atoms in total. The summed E-state index contributed by atoms with van der Waals surface area (Å²) in [4.78, 5) is 12.3. The molecule has 0 N–H and O–H groups in total. The van der Waals surface area contributed by atoms with E-state index in [1.807, 2.05) is 72.8 Å². The van der Waals surface area contributed by atoms with Crippen LogP contribution in [-0.4, -0.2) is 12.9 Å². The third-order valence-corrected chi connectivity index (χ3v) is 3.82. The van der Waals surface area contributed by atoms with Crippen molar-refractivity contribution in [1.82, 2.24) is 0 Å². The molecule has 0 aromatic heterocycles. The SMILES string of the molecule is COc1ccc(/C=C\C(=O)c2ccc(-c3ccccc3)cc2)cc1. The van der Waals surface area contributed by atoms with E-state index in [0.29, 0.717) is 5.56 Å². The lowest BCUT2D eigenvalue weighted by Gasteiger charge is -2.02. The van der Waals surface area contributed by atoms with Crippen LogP contribution in [0.15, 0.2) is 84.9 Å². The molecule has 0 fully saturated rings. The fourth-order valence-electron chi connectivity index (χ4n) is 2.44. The Hall–Kier alpha value is -3.13. The second-order valence-electron chi connectivity index (χ2n) is 5.41. The van der Waals surface area contributed by atoms with Crippen LogP contribution in [0.5, 0.6) is 5.75 Å². The molecule has 0 aliphatic rings. The lowest BCUT2D eigenvalue weighted by molar-refractivity contribution is 0.104. The molecule has 0 aliphatic carbocycles. The van der Waals surface area contributed by atoms with E-state index in [1.54, 1.807) is 13.2 Å². The predicted octanol–water partition coefficient (Wildman–Crippen LogP) is 5.26. The largest absolute Gasteiger partial charge is 0.497 e. The molecular weight excluding hydrogens is 296 g/mol. The average Bonchev–Trinajstić information content (AvgIpc) is 2.67. The zero-order valence-corrected chi connectivity index (χ0v) is 13.5. The maximum Gasteiger partial charge on any atom is 0.185 e. The van der Waals surface area contributed by atoms with Crippen molar-refractivity contribution in [3.05, 3.63) is 96.1 Å². The lowest BCUT2D eigenvalue weighted by atomic mass is 10.0. The van der Waals surface area contributed by atoms with Crippen molar-refractivity contribution in [3.8, 4) is 16.9 Å². The van der Waals surface area contributed by atoms with Gasteiger partial charge in [0, 0.05) is 5.56 Å². The highest BCUT2D eigenvalue weighted by Gasteiger charge is 2.03. The normalized spacial score (nSPS) is 10.7. The minimum absolute atomic E-state index is 0.00886. The summed E-state index contributed by atoms with van der Waals surface area (Å²) in [6.07, 6.45) is 3.41. The number of allylic oxidation sites excluding steroid dienone is 1. The van der Waals surface area contributed by atoms with Gasteiger partial charge in [0.15, 0.2) is 5.78 Å². The highest BCUT2D eigenvalue weighted by Crippen LogP contribution is 2.19. The van der Waals surface area contributed by atoms with Crippen molar-refractivity contribution in [2.45, 2.75) is 0 Å². The van der Waals surface area contributed by atoms with Crippen LogP contribution in [-0.2, 0) is 0 Å². The van der Waals surface area contributed by atoms with E-state index in [1.165, 1.54) is 0 Å². The predicted molar refractivity (Wildman–Crippen MR) is 98.2 cm³/mol. The van der Waals surface area contributed by atoms with Crippen molar-refractivity contribution in [2.75, 3.05) is 7.11 Å². The molecule has 3 aromatic rings. The van der Waals surface area contributed by atoms with E-state index in [4.69, 9.17) is 4.74 Å². The van der Waals surface area contributed by atoms with Gasteiger partial charge in [-0.1, -0.05) is 72.8 Å². The molecule has 0 heterocycles. The van der Waals surface area contributed by atoms with E-state index in [-0.39, 0.29) is 5.78 Å². The van der Waals surface area contributed by atoms with Gasteiger partial charge in [0.2, 0.25) is 0 Å². The van der Waals surface area contributed by atoms with Crippen molar-refractivity contribution in [3.63, 3.8) is 0 Å². The Balaban J connectivity index is 1.71. The van der Waals surface area contributed by atoms with Gasteiger partial charge in [-0.2, -0.15) is 0 Å². The van der Waals surface area contributed by atoms with Crippen molar-refractivity contribution in [2.24, 2.45) is 0 Å². The van der Waals surface area contributed by atoms with Gasteiger partial charge in [-0.15, -0.1) is 0 Å². The topological polar surface area (TPSA) is 26.3 Å². The molecule has 0 saturated carbocycles. The number of methoxy groups -OCH3 is 1. The molecule has 3 rings (SSSR count). The Morgan fingerprint density at radius 2 is 1.42 bits per heavy atom. The Morgan fingerprint density at radius 3 is 2.04 bits per heavy atom. The second-order valence-corrected chi connectivity index (χ2v) is 5.41. The Kier molecular flexibility index (Phi) is 4.87. The lowest BCUT2D eigenvalue weighted by Crippen LogP contribution is -1.93. The summed E-state index contributed by atoms with van der Waals surface area (Å²) in [5, 5.41) is 0. The first-order chi connectivity index (χ1) is 11.8. The smallest absolute Gasteiger partial charge is 0.185 e. The minimum atomic E-state index is -0.00886. The molecule has 0 radical (unpaired) electrons. The minimum Gasteiger partial charge on any atom is -0.497 e. The Morgan fingerprint density at radius 1 is 0.792 bits per heavy atom. The number of carbonyl (C=O) groups excluding carboxylic acids is 1. The van der Waals surface area contributed by atoms with Crippen LogP contribution in [0.25, 0.3) is 17.2 Å². The van der Waals surface area contributed by atoms with Crippen molar-refractivity contribution in [1.29, 1.82) is 0 Å². The number of hydrogen-bond acceptors (Lipinski definition) is 2. The fraction of sp³-hybridized carbons (Fsp3) is 0.0455. The van der Waals surface area contributed by atoms with Gasteiger partial charge in [0.05, 0.1) is 7.11 Å². The van der Waals surface area contributed by atoms with Crippen LogP contribution in [0.4, 0.5) is 0 Å². The van der Waals surface area contributed by atoms with Gasteiger partial charge in [0.1, 0.15) is 5.75 Å². The molecule has 0 amide bonds. The number of hydrogen-bond donors (Lipinski definition) is 0. The van der Waals surface area contributed by atoms with Gasteiger partial charge >= 0.3 is 0 Å². The van der Waals surface area contributed by atoms with Gasteiger partial charge < -0.3 is 4.74 Å². The molecular formula is C22H18O2.